The van der Waals surface area contributed by atoms with Gasteiger partial charge in [0.15, 0.2) is 0 Å². The smallest absolute Gasteiger partial charge is 0.154 e. The zero-order valence-corrected chi connectivity index (χ0v) is 24.5. The quantitative estimate of drug-likeness (QED) is 0.241. The van der Waals surface area contributed by atoms with Crippen molar-refractivity contribution in [3.8, 4) is 0 Å². The van der Waals surface area contributed by atoms with Gasteiger partial charge in [0.05, 0.1) is 0 Å². The van der Waals surface area contributed by atoms with Crippen molar-refractivity contribution in [3.05, 3.63) is 0 Å². The Labute approximate surface area is 172 Å². The molecule has 0 radical (unpaired) electrons. The summed E-state index contributed by atoms with van der Waals surface area (Å²) in [5.41, 5.74) is -5.33. The maximum absolute atomic E-state index is 7.67. The Morgan fingerprint density at radius 1 is 0.375 bits per heavy atom. The molecule has 1 saturated heterocycles. The summed E-state index contributed by atoms with van der Waals surface area (Å²) in [6, 6.07) is 0. The van der Waals surface area contributed by atoms with Crippen LogP contribution in [0.15, 0.2) is 0 Å². The van der Waals surface area contributed by atoms with Crippen LogP contribution in [0.2, 0.25) is 20.2 Å². The molecule has 1 rings (SSSR count). The largest absolute Gasteiger partial charge is 0.230 e. The van der Waals surface area contributed by atoms with Gasteiger partial charge >= 0.3 is 0 Å². The molecular weight excluding hydrogens is 446 g/mol. The first-order valence-corrected chi connectivity index (χ1v) is 24.8. The summed E-state index contributed by atoms with van der Waals surface area (Å²) < 4.78 is 0. The molecule has 144 valence electrons. The topological polar surface area (TPSA) is 0 Å². The van der Waals surface area contributed by atoms with Gasteiger partial charge in [-0.2, -0.15) is 44.3 Å². The molecule has 1 fully saturated rings. The fourth-order valence-corrected chi connectivity index (χ4v) is 221. The van der Waals surface area contributed by atoms with Crippen LogP contribution < -0.4 is 0 Å². The van der Waals surface area contributed by atoms with E-state index in [-0.39, 0.29) is 20.2 Å². The second-order valence-corrected chi connectivity index (χ2v) is 62.5. The lowest BCUT2D eigenvalue weighted by Crippen LogP contribution is -3.07. The Bertz CT molecular complexity index is 424. The maximum Gasteiger partial charge on any atom is 0.230 e. The molecule has 1 aliphatic rings. The van der Waals surface area contributed by atoms with Gasteiger partial charge in [-0.3, -0.25) is 0 Å². The van der Waals surface area contributed by atoms with E-state index in [0.717, 1.165) is 0 Å². The average Bonchev–Trinajstić information content (AvgIpc) is 2.01. The Hall–Kier alpha value is 2.03. The molecule has 0 unspecified atom stereocenters. The van der Waals surface area contributed by atoms with Crippen LogP contribution in [0.3, 0.4) is 0 Å². The normalized spacial score (nSPS) is 26.0. The SMILES string of the molecule is CC(C)(C)[Si]1(C(C)(C)C)[Si](Cl)(Cl)[Si](C(C)(C)C)(C(C)(C)C)[Si]1(Cl)Cl. The van der Waals surface area contributed by atoms with Crippen LogP contribution in [0, 0.1) is 0 Å². The van der Waals surface area contributed by atoms with Crippen LogP contribution in [0.5, 0.6) is 0 Å². The summed E-state index contributed by atoms with van der Waals surface area (Å²) in [7, 11) is -4.71. The molecule has 0 aliphatic carbocycles. The van der Waals surface area contributed by atoms with Gasteiger partial charge < -0.3 is 0 Å². The molecule has 0 amide bonds. The summed E-state index contributed by atoms with van der Waals surface area (Å²) in [5.74, 6) is 0. The van der Waals surface area contributed by atoms with Crippen molar-refractivity contribution in [3.63, 3.8) is 0 Å². The Morgan fingerprint density at radius 3 is 0.583 bits per heavy atom. The molecule has 8 heteroatoms. The predicted octanol–water partition coefficient (Wildman–Crippen LogP) is 8.25. The van der Waals surface area contributed by atoms with Crippen molar-refractivity contribution in [2.75, 3.05) is 0 Å². The molecule has 0 bridgehead atoms. The first kappa shape index (κ1) is 24.1. The first-order valence-electron chi connectivity index (χ1n) is 8.76. The second kappa shape index (κ2) is 5.77. The van der Waals surface area contributed by atoms with Crippen LogP contribution in [0.25, 0.3) is 0 Å². The van der Waals surface area contributed by atoms with Crippen LogP contribution in [0.4, 0.5) is 0 Å². The van der Waals surface area contributed by atoms with Gasteiger partial charge in [0, 0.05) is 0 Å². The van der Waals surface area contributed by atoms with E-state index in [0.29, 0.717) is 0 Å². The summed E-state index contributed by atoms with van der Waals surface area (Å²) in [6.07, 6.45) is 0. The van der Waals surface area contributed by atoms with Crippen molar-refractivity contribution >= 4 is 70.0 Å². The van der Waals surface area contributed by atoms with E-state index in [9.17, 15) is 0 Å². The molecule has 0 aromatic carbocycles. The lowest BCUT2D eigenvalue weighted by atomic mass is 10.2. The van der Waals surface area contributed by atoms with E-state index < -0.39 is 25.7 Å². The number of rotatable bonds is 0. The Balaban J connectivity index is 4.09. The second-order valence-electron chi connectivity index (χ2n) is 11.6. The molecule has 0 spiro atoms. The van der Waals surface area contributed by atoms with Gasteiger partial charge in [-0.1, -0.05) is 83.1 Å². The Kier molecular flexibility index (Phi) is 5.79. The van der Waals surface area contributed by atoms with Crippen LogP contribution >= 0.6 is 44.3 Å². The zero-order valence-electron chi connectivity index (χ0n) is 17.5. The van der Waals surface area contributed by atoms with E-state index in [2.05, 4.69) is 83.1 Å². The van der Waals surface area contributed by atoms with Gasteiger partial charge in [0.2, 0.25) is 11.5 Å². The molecule has 0 aromatic heterocycles. The Morgan fingerprint density at radius 2 is 0.500 bits per heavy atom. The van der Waals surface area contributed by atoms with Crippen LogP contribution in [-0.2, 0) is 0 Å². The fourth-order valence-electron chi connectivity index (χ4n) is 6.91. The summed E-state index contributed by atoms with van der Waals surface area (Å²) >= 11 is 30.7. The van der Waals surface area contributed by atoms with Gasteiger partial charge in [-0.15, -0.1) is 0 Å². The highest BCUT2D eigenvalue weighted by atomic mass is 35.7. The van der Waals surface area contributed by atoms with E-state index in [4.69, 9.17) is 44.3 Å². The molecule has 0 aromatic rings. The zero-order chi connectivity index (χ0) is 20.0. The van der Waals surface area contributed by atoms with Gasteiger partial charge in [0.1, 0.15) is 14.2 Å². The number of hydrogen-bond acceptors (Lipinski definition) is 0. The first-order chi connectivity index (χ1) is 10.0. The minimum absolute atomic E-state index is 0.00367. The number of hydrogen-bond donors (Lipinski definition) is 0. The third-order valence-electron chi connectivity index (χ3n) is 6.38. The van der Waals surface area contributed by atoms with Crippen molar-refractivity contribution in [2.45, 2.75) is 103 Å². The third-order valence-corrected chi connectivity index (χ3v) is 116. The molecule has 1 aliphatic heterocycles. The highest BCUT2D eigenvalue weighted by molar-refractivity contribution is 8.36. The van der Waals surface area contributed by atoms with Crippen molar-refractivity contribution in [2.24, 2.45) is 0 Å². The van der Waals surface area contributed by atoms with E-state index in [1.807, 2.05) is 0 Å². The fraction of sp³-hybridized carbons (Fsp3) is 1.00. The van der Waals surface area contributed by atoms with Crippen LogP contribution in [0.1, 0.15) is 83.1 Å². The average molecular weight is 483 g/mol. The van der Waals surface area contributed by atoms with E-state index >= 15 is 0 Å². The van der Waals surface area contributed by atoms with Crippen LogP contribution in [-0.4, -0.2) is 25.7 Å². The number of halogens is 4. The summed E-state index contributed by atoms with van der Waals surface area (Å²) in [5, 5.41) is 0.0147. The minimum atomic E-state index is -2.67. The van der Waals surface area contributed by atoms with Gasteiger partial charge in [0.25, 0.3) is 0 Å². The van der Waals surface area contributed by atoms with E-state index in [1.54, 1.807) is 0 Å². The maximum atomic E-state index is 7.67. The van der Waals surface area contributed by atoms with E-state index in [1.165, 1.54) is 0 Å². The monoisotopic (exact) mass is 480 g/mol. The summed E-state index contributed by atoms with van der Waals surface area (Å²) in [6.45, 7) is 27.6. The van der Waals surface area contributed by atoms with Gasteiger partial charge in [-0.05, 0) is 20.2 Å². The summed E-state index contributed by atoms with van der Waals surface area (Å²) in [4.78, 5) is 0. The molecule has 0 N–H and O–H groups in total. The molecule has 1 heterocycles. The molecule has 0 saturated carbocycles. The van der Waals surface area contributed by atoms with Crippen molar-refractivity contribution in [1.29, 1.82) is 0 Å². The minimum Gasteiger partial charge on any atom is -0.154 e. The van der Waals surface area contributed by atoms with Crippen molar-refractivity contribution < 1.29 is 0 Å². The highest BCUT2D eigenvalue weighted by Crippen LogP contribution is 2.81. The van der Waals surface area contributed by atoms with Crippen molar-refractivity contribution in [1.82, 2.24) is 0 Å². The lowest BCUT2D eigenvalue weighted by Gasteiger charge is -2.81. The third kappa shape index (κ3) is 2.32. The molecular formula is C16H36Cl4Si4. The molecule has 24 heavy (non-hydrogen) atoms. The lowest BCUT2D eigenvalue weighted by molar-refractivity contribution is 0.629. The predicted molar refractivity (Wildman–Crippen MR) is 125 cm³/mol. The van der Waals surface area contributed by atoms with Gasteiger partial charge in [-0.25, -0.2) is 0 Å². The standard InChI is InChI=1S/C16H36Cl4Si4/c1-13(2,3)21(14(4,5)6)23(17,18)22(15(7,8)9,16(10,11)12)24(21,19)20/h1-12H3. The molecule has 0 atom stereocenters. The highest BCUT2D eigenvalue weighted by Gasteiger charge is 3.00. The molecule has 0 nitrogen and oxygen atoms in total.